The highest BCUT2D eigenvalue weighted by atomic mass is 17.3. The van der Waals surface area contributed by atoms with Gasteiger partial charge in [0, 0.05) is 0 Å². The Labute approximate surface area is 158 Å². The first kappa shape index (κ1) is 24.5. The van der Waals surface area contributed by atoms with E-state index in [-0.39, 0.29) is 24.0 Å². The minimum Gasteiger partial charge on any atom is -0.432 e. The molecule has 0 fully saturated rings. The van der Waals surface area contributed by atoms with Crippen molar-refractivity contribution in [1.82, 2.24) is 0 Å². The number of rotatable bonds is 8. The van der Waals surface area contributed by atoms with E-state index in [0.717, 1.165) is 25.7 Å². The molecule has 0 aromatic carbocycles. The van der Waals surface area contributed by atoms with Gasteiger partial charge in [-0.3, -0.25) is 0 Å². The zero-order valence-corrected chi connectivity index (χ0v) is 17.8. The first-order valence-corrected chi connectivity index (χ1v) is 9.46. The summed E-state index contributed by atoms with van der Waals surface area (Å²) in [5.41, 5.74) is 0.467. The van der Waals surface area contributed by atoms with Crippen molar-refractivity contribution >= 4 is 12.3 Å². The van der Waals surface area contributed by atoms with E-state index in [4.69, 9.17) is 9.47 Å². The fourth-order valence-corrected chi connectivity index (χ4v) is 3.10. The van der Waals surface area contributed by atoms with E-state index in [1.807, 2.05) is 0 Å². The molecule has 0 N–H and O–H groups in total. The average molecular weight is 375 g/mol. The summed E-state index contributed by atoms with van der Waals surface area (Å²) >= 11 is 0. The molecule has 0 aliphatic carbocycles. The van der Waals surface area contributed by atoms with Crippen LogP contribution in [0.4, 0.5) is 9.59 Å². The summed E-state index contributed by atoms with van der Waals surface area (Å²) in [5.74, 6) is 0.840. The summed E-state index contributed by atoms with van der Waals surface area (Å²) in [5, 5.41) is 0. The van der Waals surface area contributed by atoms with Crippen LogP contribution < -0.4 is 0 Å². The van der Waals surface area contributed by atoms with Gasteiger partial charge >= 0.3 is 12.3 Å². The second kappa shape index (κ2) is 11.3. The van der Waals surface area contributed by atoms with Crippen molar-refractivity contribution < 1.29 is 28.8 Å². The van der Waals surface area contributed by atoms with Gasteiger partial charge in [-0.25, -0.2) is 0 Å². The average Bonchev–Trinajstić information content (AvgIpc) is 2.41. The fraction of sp³-hybridized carbons (Fsp3) is 0.900. The van der Waals surface area contributed by atoms with E-state index in [1.54, 1.807) is 0 Å². The second-order valence-corrected chi connectivity index (χ2v) is 9.68. The Balaban J connectivity index is 3.78. The third kappa shape index (κ3) is 16.0. The molecule has 0 bridgehead atoms. The van der Waals surface area contributed by atoms with Gasteiger partial charge in [-0.05, 0) is 48.3 Å². The Morgan fingerprint density at radius 3 is 1.27 bits per heavy atom. The molecule has 0 rings (SSSR count). The fourth-order valence-electron chi connectivity index (χ4n) is 3.10. The Hall–Kier alpha value is -1.46. The molecule has 0 aromatic rings. The Morgan fingerprint density at radius 1 is 0.692 bits per heavy atom. The van der Waals surface area contributed by atoms with Gasteiger partial charge in [0.1, 0.15) is 0 Å². The molecule has 2 unspecified atom stereocenters. The van der Waals surface area contributed by atoms with Gasteiger partial charge in [-0.15, -0.1) is 0 Å². The molecular weight excluding hydrogens is 336 g/mol. The maximum Gasteiger partial charge on any atom is 0.549 e. The van der Waals surface area contributed by atoms with E-state index in [1.165, 1.54) is 0 Å². The monoisotopic (exact) mass is 374 g/mol. The summed E-state index contributed by atoms with van der Waals surface area (Å²) in [6, 6.07) is 0. The molecule has 0 spiro atoms. The van der Waals surface area contributed by atoms with Crippen LogP contribution in [0.2, 0.25) is 0 Å². The molecule has 0 amide bonds. The van der Waals surface area contributed by atoms with Crippen molar-refractivity contribution in [2.45, 2.75) is 81.1 Å². The summed E-state index contributed by atoms with van der Waals surface area (Å²) < 4.78 is 9.76. The van der Waals surface area contributed by atoms with Crippen molar-refractivity contribution in [3.05, 3.63) is 0 Å². The normalized spacial score (nSPS) is 14.3. The molecule has 0 aromatic heterocycles. The lowest BCUT2D eigenvalue weighted by molar-refractivity contribution is -0.218. The molecule has 0 saturated carbocycles. The molecule has 6 nitrogen and oxygen atoms in total. The topological polar surface area (TPSA) is 71.1 Å². The van der Waals surface area contributed by atoms with Crippen molar-refractivity contribution in [2.24, 2.45) is 22.7 Å². The maximum absolute atomic E-state index is 11.4. The third-order valence-electron chi connectivity index (χ3n) is 3.76. The minimum atomic E-state index is -1.04. The number of ether oxygens (including phenoxy) is 2. The van der Waals surface area contributed by atoms with Crippen molar-refractivity contribution in [2.75, 3.05) is 13.2 Å². The number of hydrogen-bond acceptors (Lipinski definition) is 6. The zero-order chi connectivity index (χ0) is 20.4. The highest BCUT2D eigenvalue weighted by Gasteiger charge is 2.18. The maximum atomic E-state index is 11.4. The minimum absolute atomic E-state index is 0.221. The number of hydrogen-bond donors (Lipinski definition) is 0. The molecule has 2 atom stereocenters. The molecule has 0 heterocycles. The molecule has 0 saturated heterocycles. The third-order valence-corrected chi connectivity index (χ3v) is 3.76. The highest BCUT2D eigenvalue weighted by Crippen LogP contribution is 2.26. The van der Waals surface area contributed by atoms with Crippen molar-refractivity contribution in [3.63, 3.8) is 0 Å². The SMILES string of the molecule is CC(CCOC(=O)OOC(=O)OCCC(C)CC(C)(C)C)CC(C)(C)C. The van der Waals surface area contributed by atoms with Gasteiger partial charge in [0.2, 0.25) is 0 Å². The highest BCUT2D eigenvalue weighted by molar-refractivity contribution is 5.63. The predicted molar refractivity (Wildman–Crippen MR) is 101 cm³/mol. The van der Waals surface area contributed by atoms with E-state index in [2.05, 4.69) is 65.2 Å². The first-order valence-electron chi connectivity index (χ1n) is 9.46. The van der Waals surface area contributed by atoms with E-state index in [0.29, 0.717) is 11.8 Å². The smallest absolute Gasteiger partial charge is 0.432 e. The Bertz CT molecular complexity index is 379. The number of carbonyl (C=O) groups excluding carboxylic acids is 2. The van der Waals surface area contributed by atoms with Gasteiger partial charge in [0.05, 0.1) is 13.2 Å². The van der Waals surface area contributed by atoms with Crippen LogP contribution in [0.15, 0.2) is 0 Å². The lowest BCUT2D eigenvalue weighted by Crippen LogP contribution is -2.18. The van der Waals surface area contributed by atoms with Crippen LogP contribution in [0.3, 0.4) is 0 Å². The molecule has 154 valence electrons. The van der Waals surface area contributed by atoms with Crippen LogP contribution in [-0.2, 0) is 19.2 Å². The predicted octanol–water partition coefficient (Wildman–Crippen LogP) is 6.13. The standard InChI is InChI=1S/C20H38O6/c1-15(13-19(3,4)5)9-11-23-17(21)25-26-18(22)24-12-10-16(2)14-20(6,7)8/h15-16H,9-14H2,1-8H3. The quantitative estimate of drug-likeness (QED) is 0.289. The Kier molecular flexibility index (Phi) is 10.7. The van der Waals surface area contributed by atoms with Crippen LogP contribution >= 0.6 is 0 Å². The molecule has 0 aliphatic heterocycles. The second-order valence-electron chi connectivity index (χ2n) is 9.68. The zero-order valence-electron chi connectivity index (χ0n) is 17.8. The van der Waals surface area contributed by atoms with Crippen LogP contribution in [0.25, 0.3) is 0 Å². The molecule has 6 heteroatoms. The van der Waals surface area contributed by atoms with Gasteiger partial charge in [-0.2, -0.15) is 19.4 Å². The van der Waals surface area contributed by atoms with Gasteiger partial charge < -0.3 is 9.47 Å². The van der Waals surface area contributed by atoms with E-state index < -0.39 is 12.3 Å². The lowest BCUT2D eigenvalue weighted by atomic mass is 9.84. The summed E-state index contributed by atoms with van der Waals surface area (Å²) in [7, 11) is 0. The molecule has 0 radical (unpaired) electrons. The van der Waals surface area contributed by atoms with E-state index >= 15 is 0 Å². The van der Waals surface area contributed by atoms with Crippen molar-refractivity contribution in [3.8, 4) is 0 Å². The Morgan fingerprint density at radius 2 is 1.00 bits per heavy atom. The number of carbonyl (C=O) groups is 2. The van der Waals surface area contributed by atoms with Crippen LogP contribution in [-0.4, -0.2) is 25.5 Å². The summed E-state index contributed by atoms with van der Waals surface area (Å²) in [6.07, 6.45) is 1.44. The van der Waals surface area contributed by atoms with Gasteiger partial charge in [-0.1, -0.05) is 55.4 Å². The van der Waals surface area contributed by atoms with E-state index in [9.17, 15) is 9.59 Å². The first-order chi connectivity index (χ1) is 11.8. The molecular formula is C20H38O6. The molecule has 0 aliphatic rings. The van der Waals surface area contributed by atoms with Gasteiger partial charge in [0.25, 0.3) is 0 Å². The lowest BCUT2D eigenvalue weighted by Gasteiger charge is -2.23. The summed E-state index contributed by atoms with van der Waals surface area (Å²) in [4.78, 5) is 31.3. The molecule has 26 heavy (non-hydrogen) atoms. The van der Waals surface area contributed by atoms with Gasteiger partial charge in [0.15, 0.2) is 0 Å². The largest absolute Gasteiger partial charge is 0.549 e. The van der Waals surface area contributed by atoms with Crippen LogP contribution in [0, 0.1) is 22.7 Å². The van der Waals surface area contributed by atoms with Crippen molar-refractivity contribution in [1.29, 1.82) is 0 Å². The van der Waals surface area contributed by atoms with Crippen LogP contribution in [0.1, 0.15) is 81.1 Å². The summed E-state index contributed by atoms with van der Waals surface area (Å²) in [6.45, 7) is 17.7. The van der Waals surface area contributed by atoms with Crippen LogP contribution in [0.5, 0.6) is 0 Å².